The van der Waals surface area contributed by atoms with Gasteiger partial charge in [-0.1, -0.05) is 18.2 Å². The number of amides is 1. The third-order valence-electron chi connectivity index (χ3n) is 4.10. The van der Waals surface area contributed by atoms with E-state index in [1.54, 1.807) is 26.3 Å². The second kappa shape index (κ2) is 15.4. The molecule has 0 aliphatic heterocycles. The summed E-state index contributed by atoms with van der Waals surface area (Å²) in [7, 11) is 3.34. The average Bonchev–Trinajstić information content (AvgIpc) is 2.75. The zero-order valence-corrected chi connectivity index (χ0v) is 20.1. The first-order valence-corrected chi connectivity index (χ1v) is 9.81. The molecule has 0 saturated heterocycles. The Kier molecular flexibility index (Phi) is 13.2. The molecular weight excluding hydrogens is 514 g/mol. The predicted molar refractivity (Wildman–Crippen MR) is 132 cm³/mol. The first-order chi connectivity index (χ1) is 14.6. The average molecular weight is 544 g/mol. The Morgan fingerprint density at radius 2 is 1.81 bits per heavy atom. The fraction of sp³-hybridized carbons (Fsp3) is 0.364. The van der Waals surface area contributed by atoms with Crippen LogP contribution in [0.4, 0.5) is 10.1 Å². The molecule has 1 amide bonds. The summed E-state index contributed by atoms with van der Waals surface area (Å²) in [5.74, 6) is 0.911. The lowest BCUT2D eigenvalue weighted by Crippen LogP contribution is -2.38. The molecule has 2 rings (SSSR count). The smallest absolute Gasteiger partial charge is 0.224 e. The minimum absolute atomic E-state index is 0. The van der Waals surface area contributed by atoms with Crippen LogP contribution >= 0.6 is 24.0 Å². The van der Waals surface area contributed by atoms with Crippen LogP contribution < -0.4 is 20.7 Å². The molecule has 2 aromatic carbocycles. The third-order valence-corrected chi connectivity index (χ3v) is 4.10. The van der Waals surface area contributed by atoms with E-state index in [1.165, 1.54) is 12.1 Å². The highest BCUT2D eigenvalue weighted by atomic mass is 127. The lowest BCUT2D eigenvalue weighted by Gasteiger charge is -2.13. The van der Waals surface area contributed by atoms with Crippen molar-refractivity contribution in [2.24, 2.45) is 4.99 Å². The van der Waals surface area contributed by atoms with Crippen LogP contribution in [0.15, 0.2) is 53.5 Å². The maximum Gasteiger partial charge on any atom is 0.224 e. The zero-order valence-electron chi connectivity index (χ0n) is 17.8. The second-order valence-corrected chi connectivity index (χ2v) is 6.50. The number of aliphatic imine (C=N–C) groups is 1. The highest BCUT2D eigenvalue weighted by Crippen LogP contribution is 2.17. The number of benzene rings is 2. The van der Waals surface area contributed by atoms with Gasteiger partial charge in [-0.3, -0.25) is 9.79 Å². The van der Waals surface area contributed by atoms with E-state index in [2.05, 4.69) is 20.9 Å². The fourth-order valence-corrected chi connectivity index (χ4v) is 2.61. The molecule has 0 fully saturated rings. The van der Waals surface area contributed by atoms with Crippen LogP contribution in [0, 0.1) is 5.82 Å². The minimum Gasteiger partial charge on any atom is -0.493 e. The lowest BCUT2D eigenvalue weighted by atomic mass is 10.1. The molecule has 0 aliphatic carbocycles. The summed E-state index contributed by atoms with van der Waals surface area (Å²) in [5, 5.41) is 9.15. The summed E-state index contributed by atoms with van der Waals surface area (Å²) in [5.41, 5.74) is 1.61. The molecule has 2 aromatic rings. The quantitative estimate of drug-likeness (QED) is 0.175. The number of methoxy groups -OCH3 is 1. The number of rotatable bonds is 11. The van der Waals surface area contributed by atoms with Crippen molar-refractivity contribution in [3.8, 4) is 5.75 Å². The van der Waals surface area contributed by atoms with E-state index in [-0.39, 0.29) is 42.1 Å². The van der Waals surface area contributed by atoms with Gasteiger partial charge in [0.15, 0.2) is 5.96 Å². The highest BCUT2D eigenvalue weighted by molar-refractivity contribution is 14.0. The van der Waals surface area contributed by atoms with E-state index < -0.39 is 0 Å². The van der Waals surface area contributed by atoms with Gasteiger partial charge >= 0.3 is 0 Å². The van der Waals surface area contributed by atoms with Crippen LogP contribution in [0.5, 0.6) is 5.75 Å². The molecule has 0 aromatic heterocycles. The van der Waals surface area contributed by atoms with Crippen molar-refractivity contribution in [1.29, 1.82) is 0 Å². The Hall–Kier alpha value is -2.40. The van der Waals surface area contributed by atoms with Crippen molar-refractivity contribution >= 4 is 41.5 Å². The molecule has 0 unspecified atom stereocenters. The lowest BCUT2D eigenvalue weighted by molar-refractivity contribution is -0.120. The summed E-state index contributed by atoms with van der Waals surface area (Å²) >= 11 is 0. The van der Waals surface area contributed by atoms with Crippen LogP contribution in [0.2, 0.25) is 0 Å². The zero-order chi connectivity index (χ0) is 21.6. The molecule has 7 nitrogen and oxygen atoms in total. The molecule has 9 heteroatoms. The number of hydrogen-bond donors (Lipinski definition) is 3. The number of anilines is 1. The van der Waals surface area contributed by atoms with E-state index in [4.69, 9.17) is 9.47 Å². The van der Waals surface area contributed by atoms with Gasteiger partial charge in [-0.2, -0.15) is 0 Å². The molecule has 170 valence electrons. The van der Waals surface area contributed by atoms with E-state index in [0.717, 1.165) is 23.4 Å². The Labute approximate surface area is 199 Å². The monoisotopic (exact) mass is 544 g/mol. The molecule has 0 heterocycles. The summed E-state index contributed by atoms with van der Waals surface area (Å²) < 4.78 is 23.6. The number of carbonyl (C=O) groups excluding carboxylic acids is 1. The minimum atomic E-state index is -0.314. The van der Waals surface area contributed by atoms with Crippen molar-refractivity contribution in [3.63, 3.8) is 0 Å². The topological polar surface area (TPSA) is 84.0 Å². The number of nitrogens with zero attached hydrogens (tertiary/aromatic N) is 1. The van der Waals surface area contributed by atoms with Crippen LogP contribution in [0.1, 0.15) is 12.0 Å². The summed E-state index contributed by atoms with van der Waals surface area (Å²) in [6.07, 6.45) is 1.04. The van der Waals surface area contributed by atoms with E-state index in [1.807, 2.05) is 24.3 Å². The predicted octanol–water partition coefficient (Wildman–Crippen LogP) is 3.21. The molecule has 3 N–H and O–H groups in total. The van der Waals surface area contributed by atoms with Crippen LogP contribution in [0.3, 0.4) is 0 Å². The normalized spacial score (nSPS) is 10.7. The van der Waals surface area contributed by atoms with Gasteiger partial charge in [0.25, 0.3) is 0 Å². The van der Waals surface area contributed by atoms with Gasteiger partial charge in [-0.05, 0) is 29.8 Å². The summed E-state index contributed by atoms with van der Waals surface area (Å²) in [4.78, 5) is 16.1. The first-order valence-electron chi connectivity index (χ1n) is 9.81. The SMILES string of the molecule is CN=C(NCCNC(=O)Cc1ccc(F)cc1)Nc1cccc(OCCCOC)c1.I. The van der Waals surface area contributed by atoms with Gasteiger partial charge in [0.2, 0.25) is 5.91 Å². The molecular formula is C22H30FIN4O3. The third kappa shape index (κ3) is 11.0. The van der Waals surface area contributed by atoms with Crippen LogP contribution in [0.25, 0.3) is 0 Å². The summed E-state index contributed by atoms with van der Waals surface area (Å²) in [6, 6.07) is 13.5. The molecule has 31 heavy (non-hydrogen) atoms. The Bertz CT molecular complexity index is 819. The van der Waals surface area contributed by atoms with Crippen LogP contribution in [-0.2, 0) is 16.0 Å². The van der Waals surface area contributed by atoms with Gasteiger partial charge in [0, 0.05) is 52.0 Å². The van der Waals surface area contributed by atoms with Gasteiger partial charge < -0.3 is 25.4 Å². The first kappa shape index (κ1) is 26.6. The maximum atomic E-state index is 12.9. The summed E-state index contributed by atoms with van der Waals surface area (Å²) in [6.45, 7) is 2.18. The van der Waals surface area contributed by atoms with Crippen molar-refractivity contribution in [2.75, 3.05) is 45.8 Å². The molecule has 0 bridgehead atoms. The van der Waals surface area contributed by atoms with Crippen LogP contribution in [-0.4, -0.2) is 52.3 Å². The highest BCUT2D eigenvalue weighted by Gasteiger charge is 2.04. The van der Waals surface area contributed by atoms with Gasteiger partial charge in [-0.15, -0.1) is 24.0 Å². The number of hydrogen-bond acceptors (Lipinski definition) is 4. The molecule has 0 radical (unpaired) electrons. The van der Waals surface area contributed by atoms with Crippen molar-refractivity contribution in [2.45, 2.75) is 12.8 Å². The number of carbonyl (C=O) groups is 1. The number of ether oxygens (including phenoxy) is 2. The number of halogens is 2. The van der Waals surface area contributed by atoms with Crippen molar-refractivity contribution in [1.82, 2.24) is 10.6 Å². The van der Waals surface area contributed by atoms with Crippen molar-refractivity contribution < 1.29 is 18.7 Å². The Balaban J connectivity index is 0.00000480. The fourth-order valence-electron chi connectivity index (χ4n) is 2.61. The van der Waals surface area contributed by atoms with Crippen molar-refractivity contribution in [3.05, 3.63) is 59.9 Å². The number of nitrogens with one attached hydrogen (secondary N) is 3. The number of guanidine groups is 1. The van der Waals surface area contributed by atoms with E-state index in [9.17, 15) is 9.18 Å². The van der Waals surface area contributed by atoms with E-state index >= 15 is 0 Å². The maximum absolute atomic E-state index is 12.9. The molecule has 0 aliphatic rings. The largest absolute Gasteiger partial charge is 0.493 e. The molecule has 0 saturated carbocycles. The standard InChI is InChI=1S/C22H29FN4O3.HI/c1-24-22(27-19-5-3-6-20(16-19)30-14-4-13-29-2)26-12-11-25-21(28)15-17-7-9-18(23)10-8-17;/h3,5-10,16H,4,11-15H2,1-2H3,(H,25,28)(H2,24,26,27);1H. The Morgan fingerprint density at radius 3 is 2.52 bits per heavy atom. The van der Waals surface area contributed by atoms with Gasteiger partial charge in [-0.25, -0.2) is 4.39 Å². The van der Waals surface area contributed by atoms with Gasteiger partial charge in [0.05, 0.1) is 13.0 Å². The molecule has 0 spiro atoms. The Morgan fingerprint density at radius 1 is 1.06 bits per heavy atom. The second-order valence-electron chi connectivity index (χ2n) is 6.50. The molecule has 0 atom stereocenters. The van der Waals surface area contributed by atoms with E-state index in [0.29, 0.717) is 32.3 Å². The van der Waals surface area contributed by atoms with Gasteiger partial charge in [0.1, 0.15) is 11.6 Å².